The van der Waals surface area contributed by atoms with Crippen molar-refractivity contribution < 1.29 is 145 Å². The standard InChI is InChI=1S/C32H53N5O18S2.2Na/c1-15(39)35-22-27(53-31-25(44)23(42)24(43)28(54-31)29(45)46)26(55-57(48,49)50)17(13-38)52-30(22)51-12-11-34-20(41)8-3-2-6-10-33-19(40)9-5-4-7-18-21-16(14-56-18)36-32(47)37-21;;/h16-18,21-28,30-31,38,42-44H,2-14H2,1H3,(H,33,40)(H,34,41)(H,35,39)(H,45,46)(H2,36,37,47)(H,48,49,50);;/q;2*+1/p-2/t16-,17+,18-,21-,22+,23-,24-,25+,26-,27+,28-,30+,31+;;/m0../s1. The maximum absolute atomic E-state index is 12.4. The Kier molecular flexibility index (Phi) is 23.9. The maximum Gasteiger partial charge on any atom is 1.00 e. The first-order chi connectivity index (χ1) is 27.0. The van der Waals surface area contributed by atoms with Gasteiger partial charge in [-0.15, -0.1) is 0 Å². The van der Waals surface area contributed by atoms with Gasteiger partial charge in [0.2, 0.25) is 28.1 Å². The van der Waals surface area contributed by atoms with E-state index in [1.165, 1.54) is 0 Å². The van der Waals surface area contributed by atoms with E-state index in [1.54, 1.807) is 0 Å². The molecular weight excluding hydrogens is 852 g/mol. The van der Waals surface area contributed by atoms with Gasteiger partial charge in [-0.25, -0.2) is 13.2 Å². The van der Waals surface area contributed by atoms with E-state index in [-0.39, 0.29) is 109 Å². The number of hydrogen-bond acceptors (Lipinski definition) is 19. The van der Waals surface area contributed by atoms with E-state index < -0.39 is 90.2 Å². The minimum atomic E-state index is -5.57. The normalized spacial score (nSPS) is 32.6. The number of carboxylic acids is 1. The number of amides is 5. The molecule has 4 aliphatic heterocycles. The van der Waals surface area contributed by atoms with E-state index in [1.807, 2.05) is 11.8 Å². The van der Waals surface area contributed by atoms with Crippen LogP contribution in [0.5, 0.6) is 0 Å². The van der Waals surface area contributed by atoms with E-state index in [2.05, 4.69) is 30.8 Å². The zero-order valence-electron chi connectivity index (χ0n) is 33.0. The van der Waals surface area contributed by atoms with Crippen LogP contribution < -0.4 is 90.8 Å². The molecule has 0 aliphatic carbocycles. The zero-order valence-corrected chi connectivity index (χ0v) is 38.7. The van der Waals surface area contributed by atoms with Crippen molar-refractivity contribution in [2.45, 2.75) is 137 Å². The Hall–Kier alpha value is -0.950. The Morgan fingerprint density at radius 2 is 1.56 bits per heavy atom. The van der Waals surface area contributed by atoms with Crippen molar-refractivity contribution in [2.75, 3.05) is 32.1 Å². The van der Waals surface area contributed by atoms with E-state index in [4.69, 9.17) is 18.9 Å². The number of thioether (sulfide) groups is 1. The number of carbonyl (C=O) groups is 5. The van der Waals surface area contributed by atoms with Gasteiger partial charge in [0.15, 0.2) is 12.6 Å². The summed E-state index contributed by atoms with van der Waals surface area (Å²) in [4.78, 5) is 59.9. The van der Waals surface area contributed by atoms with Gasteiger partial charge in [-0.1, -0.05) is 12.8 Å². The fourth-order valence-electron chi connectivity index (χ4n) is 6.94. The Morgan fingerprint density at radius 1 is 0.898 bits per heavy atom. The number of nitrogens with one attached hydrogen (secondary N) is 5. The molecule has 5 amide bonds. The summed E-state index contributed by atoms with van der Waals surface area (Å²) in [7, 11) is -5.57. The summed E-state index contributed by atoms with van der Waals surface area (Å²) in [5, 5.41) is 66.3. The molecule has 0 radical (unpaired) electrons. The number of rotatable bonds is 22. The summed E-state index contributed by atoms with van der Waals surface area (Å²) in [5.74, 6) is -2.30. The van der Waals surface area contributed by atoms with Gasteiger partial charge < -0.3 is 80.4 Å². The van der Waals surface area contributed by atoms with Crippen LogP contribution >= 0.6 is 11.8 Å². The van der Waals surface area contributed by atoms with Crippen LogP contribution in [0, 0.1) is 0 Å². The largest absolute Gasteiger partial charge is 1.00 e. The number of carboxylic acid groups (broad SMARTS) is 1. The molecule has 0 saturated carbocycles. The Labute approximate surface area is 389 Å². The maximum atomic E-state index is 12.4. The van der Waals surface area contributed by atoms with Crippen LogP contribution in [-0.4, -0.2) is 174 Å². The first-order valence-electron chi connectivity index (χ1n) is 18.6. The monoisotopic (exact) mass is 903 g/mol. The second kappa shape index (κ2) is 26.0. The van der Waals surface area contributed by atoms with Crippen LogP contribution in [0.25, 0.3) is 0 Å². The smallest absolute Gasteiger partial charge is 0.726 e. The van der Waals surface area contributed by atoms with Crippen molar-refractivity contribution in [1.29, 1.82) is 0 Å². The minimum absolute atomic E-state index is 0. The molecule has 4 aliphatic rings. The predicted molar refractivity (Wildman–Crippen MR) is 189 cm³/mol. The summed E-state index contributed by atoms with van der Waals surface area (Å²) >= 11 is 1.83. The third kappa shape index (κ3) is 16.6. The summed E-state index contributed by atoms with van der Waals surface area (Å²) in [5.41, 5.74) is 0. The number of fused-ring (bicyclic) bond motifs is 1. The van der Waals surface area contributed by atoms with E-state index in [0.717, 1.165) is 31.9 Å². The number of aliphatic carboxylic acids is 1. The molecule has 0 aromatic carbocycles. The number of unbranched alkanes of at least 4 members (excludes halogenated alkanes) is 3. The van der Waals surface area contributed by atoms with Crippen molar-refractivity contribution >= 4 is 51.9 Å². The number of hydrogen-bond donors (Lipinski definition) is 9. The molecule has 23 nitrogen and oxygen atoms in total. The molecule has 4 fully saturated rings. The van der Waals surface area contributed by atoms with Crippen molar-refractivity contribution in [3.63, 3.8) is 0 Å². The molecule has 0 aromatic heterocycles. The summed E-state index contributed by atoms with van der Waals surface area (Å²) in [6, 6.07) is -1.43. The summed E-state index contributed by atoms with van der Waals surface area (Å²) in [6.45, 7) is 0.0840. The summed E-state index contributed by atoms with van der Waals surface area (Å²) < 4.78 is 61.5. The van der Waals surface area contributed by atoms with Gasteiger partial charge in [-0.3, -0.25) is 18.6 Å². The van der Waals surface area contributed by atoms with Gasteiger partial charge in [0.05, 0.1) is 31.3 Å². The van der Waals surface area contributed by atoms with Gasteiger partial charge in [-0.2, -0.15) is 11.8 Å². The third-order valence-electron chi connectivity index (χ3n) is 9.71. The Balaban J connectivity index is 0.00000600. The van der Waals surface area contributed by atoms with E-state index in [9.17, 15) is 62.5 Å². The average molecular weight is 904 g/mol. The zero-order chi connectivity index (χ0) is 41.9. The molecule has 0 bridgehead atoms. The number of aliphatic hydroxyl groups is 4. The molecule has 4 rings (SSSR count). The molecule has 0 spiro atoms. The minimum Gasteiger partial charge on any atom is -0.726 e. The Bertz CT molecular complexity index is 1510. The van der Waals surface area contributed by atoms with Gasteiger partial charge in [-0.05, 0) is 25.7 Å². The first-order valence-corrected chi connectivity index (χ1v) is 20.9. The van der Waals surface area contributed by atoms with Gasteiger partial charge >= 0.3 is 65.1 Å². The summed E-state index contributed by atoms with van der Waals surface area (Å²) in [6.07, 6.45) is -13.3. The third-order valence-corrected chi connectivity index (χ3v) is 11.7. The van der Waals surface area contributed by atoms with Crippen molar-refractivity contribution in [3.05, 3.63) is 0 Å². The fraction of sp³-hybridized carbons (Fsp3) is 0.844. The van der Waals surface area contributed by atoms with E-state index >= 15 is 0 Å². The molecule has 0 unspecified atom stereocenters. The molecule has 13 atom stereocenters. The quantitative estimate of drug-likeness (QED) is 0.0160. The number of urea groups is 1. The predicted octanol–water partition coefficient (Wildman–Crippen LogP) is -11.5. The molecule has 4 saturated heterocycles. The van der Waals surface area contributed by atoms with Crippen LogP contribution in [0.2, 0.25) is 0 Å². The van der Waals surface area contributed by atoms with Gasteiger partial charge in [0.1, 0.15) is 48.8 Å². The van der Waals surface area contributed by atoms with Crippen LogP contribution in [0.1, 0.15) is 58.3 Å². The number of aliphatic hydroxyl groups excluding tert-OH is 4. The van der Waals surface area contributed by atoms with Crippen LogP contribution in [0.4, 0.5) is 4.79 Å². The van der Waals surface area contributed by atoms with Gasteiger partial charge in [0.25, 0.3) is 0 Å². The molecule has 59 heavy (non-hydrogen) atoms. The number of carbonyl (C=O) groups excluding carboxylic acids is 5. The van der Waals surface area contributed by atoms with E-state index in [0.29, 0.717) is 37.5 Å². The second-order valence-corrected chi connectivity index (χ2v) is 16.3. The number of ether oxygens (including phenoxy) is 4. The fourth-order valence-corrected chi connectivity index (χ4v) is 8.99. The van der Waals surface area contributed by atoms with Crippen molar-refractivity contribution in [1.82, 2.24) is 26.6 Å². The molecule has 9 N–H and O–H groups in total. The van der Waals surface area contributed by atoms with Crippen molar-refractivity contribution in [2.24, 2.45) is 0 Å². The SMILES string of the molecule is CC(=O)N[C@H]1[C@H](OCCNC(=O)CCCCCNC(=O)CCCC[C@@H]2SC[C@@H]3NC(=O)N[C@@H]32)O[C@H](CO)[C@H](OS(=O)(=O)[O-])[C@@H]1O[C@@H]1O[C@H](C(=O)[O-])[C@@H](O)[C@H](O)[C@H]1O.[Na+].[Na+]. The van der Waals surface area contributed by atoms with Crippen LogP contribution in [0.3, 0.4) is 0 Å². The van der Waals surface area contributed by atoms with Crippen LogP contribution in [-0.2, 0) is 52.7 Å². The molecular formula is C32H51N5Na2O18S2. The Morgan fingerprint density at radius 3 is 2.19 bits per heavy atom. The van der Waals surface area contributed by atoms with Gasteiger partial charge in [0, 0.05) is 43.9 Å². The molecule has 326 valence electrons. The molecule has 27 heteroatoms. The second-order valence-electron chi connectivity index (χ2n) is 14.0. The van der Waals surface area contributed by atoms with Crippen molar-refractivity contribution in [3.8, 4) is 0 Å². The molecule has 0 aromatic rings. The van der Waals surface area contributed by atoms with Crippen LogP contribution in [0.15, 0.2) is 0 Å². The molecule has 4 heterocycles. The topological polar surface area (TPSA) is 353 Å². The average Bonchev–Trinajstić information content (AvgIpc) is 3.69. The first kappa shape index (κ1) is 54.2.